The summed E-state index contributed by atoms with van der Waals surface area (Å²) in [7, 11) is 0. The second kappa shape index (κ2) is 7.31. The van der Waals surface area contributed by atoms with E-state index in [-0.39, 0.29) is 33.5 Å². The second-order valence-electron chi connectivity index (χ2n) is 5.98. The molecule has 0 bridgehead atoms. The monoisotopic (exact) mass is 410 g/mol. The Bertz CT molecular complexity index is 1000. The van der Waals surface area contributed by atoms with Crippen molar-refractivity contribution in [1.29, 1.82) is 0 Å². The van der Waals surface area contributed by atoms with Gasteiger partial charge in [0.15, 0.2) is 5.78 Å². The highest BCUT2D eigenvalue weighted by Gasteiger charge is 2.23. The van der Waals surface area contributed by atoms with Crippen LogP contribution >= 0.6 is 34.8 Å². The van der Waals surface area contributed by atoms with E-state index >= 15 is 0 Å². The molecule has 3 rings (SSSR count). The lowest BCUT2D eigenvalue weighted by atomic mass is 9.92. The number of benzene rings is 2. The van der Waals surface area contributed by atoms with Gasteiger partial charge >= 0.3 is 5.97 Å². The Morgan fingerprint density at radius 3 is 2.38 bits per heavy atom. The van der Waals surface area contributed by atoms with Crippen molar-refractivity contribution in [2.24, 2.45) is 0 Å². The molecule has 1 atom stereocenters. The van der Waals surface area contributed by atoms with Gasteiger partial charge in [0.2, 0.25) is 0 Å². The number of halogens is 3. The number of carboxylic acid groups (broad SMARTS) is 1. The van der Waals surface area contributed by atoms with Crippen LogP contribution in [0, 0.1) is 0 Å². The van der Waals surface area contributed by atoms with Crippen molar-refractivity contribution in [1.82, 2.24) is 0 Å². The summed E-state index contributed by atoms with van der Waals surface area (Å²) in [4.78, 5) is 24.1. The van der Waals surface area contributed by atoms with E-state index in [0.29, 0.717) is 21.6 Å². The van der Waals surface area contributed by atoms with Gasteiger partial charge in [-0.05, 0) is 41.8 Å². The van der Waals surface area contributed by atoms with E-state index in [2.05, 4.69) is 0 Å². The van der Waals surface area contributed by atoms with E-state index in [1.165, 1.54) is 18.4 Å². The largest absolute Gasteiger partial charge is 0.481 e. The molecule has 1 aromatic heterocycles. The molecule has 0 radical (unpaired) electrons. The predicted molar refractivity (Wildman–Crippen MR) is 102 cm³/mol. The average molecular weight is 412 g/mol. The fraction of sp³-hybridized carbons (Fsp3) is 0.158. The minimum Gasteiger partial charge on any atom is -0.481 e. The number of fused-ring (bicyclic) bond motifs is 1. The van der Waals surface area contributed by atoms with Crippen LogP contribution in [0.5, 0.6) is 0 Å². The minimum absolute atomic E-state index is 0.0561. The topological polar surface area (TPSA) is 67.5 Å². The van der Waals surface area contributed by atoms with Crippen LogP contribution in [0.25, 0.3) is 11.0 Å². The summed E-state index contributed by atoms with van der Waals surface area (Å²) in [5.41, 5.74) is 1.50. The summed E-state index contributed by atoms with van der Waals surface area (Å²) in [6.45, 7) is 1.78. The van der Waals surface area contributed by atoms with E-state index in [4.69, 9.17) is 44.3 Å². The van der Waals surface area contributed by atoms with Gasteiger partial charge in [-0.1, -0.05) is 41.7 Å². The van der Waals surface area contributed by atoms with Crippen LogP contribution in [-0.4, -0.2) is 16.9 Å². The summed E-state index contributed by atoms with van der Waals surface area (Å²) < 4.78 is 5.46. The van der Waals surface area contributed by atoms with Gasteiger partial charge in [-0.25, -0.2) is 0 Å². The first-order valence-electron chi connectivity index (χ1n) is 7.70. The first kappa shape index (κ1) is 18.8. The molecule has 0 aliphatic carbocycles. The Morgan fingerprint density at radius 2 is 1.77 bits per heavy atom. The molecule has 134 valence electrons. The van der Waals surface area contributed by atoms with Gasteiger partial charge in [0.25, 0.3) is 0 Å². The SMILES string of the molecule is CC(CC(=O)O)c1cc(C(=O)c2c(Cl)cc(Cl)cc2Cl)c2occc2c1. The van der Waals surface area contributed by atoms with Crippen molar-refractivity contribution in [2.75, 3.05) is 0 Å². The first-order valence-corrected chi connectivity index (χ1v) is 8.83. The van der Waals surface area contributed by atoms with Crippen molar-refractivity contribution >= 4 is 57.5 Å². The molecule has 0 fully saturated rings. The molecule has 1 N–H and O–H groups in total. The van der Waals surface area contributed by atoms with Crippen molar-refractivity contribution in [3.05, 3.63) is 68.4 Å². The number of furan rings is 1. The highest BCUT2D eigenvalue weighted by Crippen LogP contribution is 2.34. The summed E-state index contributed by atoms with van der Waals surface area (Å²) in [6.07, 6.45) is 1.41. The Morgan fingerprint density at radius 1 is 1.12 bits per heavy atom. The van der Waals surface area contributed by atoms with Crippen LogP contribution in [0.3, 0.4) is 0 Å². The number of rotatable bonds is 5. The molecular formula is C19H13Cl3O4. The molecule has 1 heterocycles. The number of aliphatic carboxylic acids is 1. The van der Waals surface area contributed by atoms with Crippen LogP contribution < -0.4 is 0 Å². The van der Waals surface area contributed by atoms with Crippen molar-refractivity contribution < 1.29 is 19.1 Å². The Hall–Kier alpha value is -2.01. The molecule has 26 heavy (non-hydrogen) atoms. The van der Waals surface area contributed by atoms with Crippen LogP contribution in [0.1, 0.15) is 40.7 Å². The third-order valence-corrected chi connectivity index (χ3v) is 4.92. The van der Waals surface area contributed by atoms with Crippen molar-refractivity contribution in [3.8, 4) is 0 Å². The Balaban J connectivity index is 2.16. The van der Waals surface area contributed by atoms with Crippen LogP contribution in [-0.2, 0) is 4.79 Å². The molecule has 2 aromatic carbocycles. The molecule has 0 saturated heterocycles. The van der Waals surface area contributed by atoms with Gasteiger partial charge in [0.05, 0.1) is 33.9 Å². The van der Waals surface area contributed by atoms with E-state index < -0.39 is 11.8 Å². The maximum absolute atomic E-state index is 13.1. The zero-order chi connectivity index (χ0) is 19.0. The molecular weight excluding hydrogens is 399 g/mol. The van der Waals surface area contributed by atoms with Crippen LogP contribution in [0.2, 0.25) is 15.1 Å². The quantitative estimate of drug-likeness (QED) is 0.507. The molecule has 0 aliphatic heterocycles. The number of carbonyl (C=O) groups excluding carboxylic acids is 1. The normalized spacial score (nSPS) is 12.3. The smallest absolute Gasteiger partial charge is 0.303 e. The number of hydrogen-bond acceptors (Lipinski definition) is 3. The van der Waals surface area contributed by atoms with Gasteiger partial charge in [0, 0.05) is 10.4 Å². The average Bonchev–Trinajstić information content (AvgIpc) is 3.00. The predicted octanol–water partition coefficient (Wildman–Crippen LogP) is 6.20. The van der Waals surface area contributed by atoms with Gasteiger partial charge in [-0.3, -0.25) is 9.59 Å². The number of carboxylic acids is 1. The van der Waals surface area contributed by atoms with E-state index in [9.17, 15) is 9.59 Å². The third kappa shape index (κ3) is 3.58. The molecule has 4 nitrogen and oxygen atoms in total. The Labute approximate surface area is 164 Å². The first-order chi connectivity index (χ1) is 12.3. The van der Waals surface area contributed by atoms with E-state index in [0.717, 1.165) is 0 Å². The zero-order valence-electron chi connectivity index (χ0n) is 13.6. The Kier molecular flexibility index (Phi) is 5.28. The number of ketones is 1. The van der Waals surface area contributed by atoms with Gasteiger partial charge in [-0.15, -0.1) is 0 Å². The van der Waals surface area contributed by atoms with Crippen LogP contribution in [0.15, 0.2) is 41.0 Å². The summed E-state index contributed by atoms with van der Waals surface area (Å²) >= 11 is 18.3. The molecule has 0 spiro atoms. The molecule has 0 saturated carbocycles. The second-order valence-corrected chi connectivity index (χ2v) is 7.23. The fourth-order valence-electron chi connectivity index (χ4n) is 2.83. The van der Waals surface area contributed by atoms with E-state index in [1.54, 1.807) is 19.1 Å². The maximum Gasteiger partial charge on any atom is 0.303 e. The minimum atomic E-state index is -0.915. The number of carbonyl (C=O) groups is 2. The van der Waals surface area contributed by atoms with Crippen molar-refractivity contribution in [2.45, 2.75) is 19.3 Å². The van der Waals surface area contributed by atoms with Gasteiger partial charge in [-0.2, -0.15) is 0 Å². The van der Waals surface area contributed by atoms with Gasteiger partial charge < -0.3 is 9.52 Å². The lowest BCUT2D eigenvalue weighted by molar-refractivity contribution is -0.137. The highest BCUT2D eigenvalue weighted by molar-refractivity contribution is 6.43. The molecule has 7 heteroatoms. The summed E-state index contributed by atoms with van der Waals surface area (Å²) in [5, 5.41) is 10.3. The maximum atomic E-state index is 13.1. The fourth-order valence-corrected chi connectivity index (χ4v) is 3.82. The summed E-state index contributed by atoms with van der Waals surface area (Å²) in [5.74, 6) is -1.61. The van der Waals surface area contributed by atoms with E-state index in [1.807, 2.05) is 6.07 Å². The van der Waals surface area contributed by atoms with Crippen molar-refractivity contribution in [3.63, 3.8) is 0 Å². The lowest BCUT2D eigenvalue weighted by Gasteiger charge is -2.13. The zero-order valence-corrected chi connectivity index (χ0v) is 15.8. The number of hydrogen-bond donors (Lipinski definition) is 1. The molecule has 0 aliphatic rings. The molecule has 3 aromatic rings. The molecule has 0 amide bonds. The van der Waals surface area contributed by atoms with Gasteiger partial charge in [0.1, 0.15) is 5.58 Å². The lowest BCUT2D eigenvalue weighted by Crippen LogP contribution is -2.07. The summed E-state index contributed by atoms with van der Waals surface area (Å²) in [6, 6.07) is 8.04. The third-order valence-electron chi connectivity index (χ3n) is 4.10. The molecule has 1 unspecified atom stereocenters. The standard InChI is InChI=1S/C19H13Cl3O4/c1-9(4-16(23)24)11-5-10-2-3-26-19(10)13(6-11)18(25)17-14(21)7-12(20)8-15(17)22/h2-3,5-9H,4H2,1H3,(H,23,24). The van der Waals surface area contributed by atoms with Crippen LogP contribution in [0.4, 0.5) is 0 Å². The highest BCUT2D eigenvalue weighted by atomic mass is 35.5.